The third-order valence-electron chi connectivity index (χ3n) is 9.38. The Morgan fingerprint density at radius 3 is 2.12 bits per heavy atom. The van der Waals surface area contributed by atoms with E-state index in [0.29, 0.717) is 28.7 Å². The molecule has 2 aromatic carbocycles. The van der Waals surface area contributed by atoms with Crippen LogP contribution in [0.4, 0.5) is 0 Å². The maximum Gasteiger partial charge on any atom is 0.310 e. The minimum atomic E-state index is -1.31. The van der Waals surface area contributed by atoms with E-state index in [0.717, 1.165) is 16.7 Å². The second-order valence-electron chi connectivity index (χ2n) is 12.0. The van der Waals surface area contributed by atoms with Gasteiger partial charge in [0.25, 0.3) is 0 Å². The average Bonchev–Trinajstić information content (AvgIpc) is 3.62. The summed E-state index contributed by atoms with van der Waals surface area (Å²) in [5.41, 5.74) is 2.34. The zero-order valence-electron chi connectivity index (χ0n) is 24.6. The van der Waals surface area contributed by atoms with Gasteiger partial charge in [0.15, 0.2) is 28.8 Å². The van der Waals surface area contributed by atoms with E-state index in [2.05, 4.69) is 0 Å². The van der Waals surface area contributed by atoms with Gasteiger partial charge in [0, 0.05) is 17.8 Å². The molecule has 12 nitrogen and oxygen atoms in total. The molecule has 1 aliphatic carbocycles. The zero-order valence-corrected chi connectivity index (χ0v) is 24.6. The fourth-order valence-corrected chi connectivity index (χ4v) is 7.50. The highest BCUT2D eigenvalue weighted by Gasteiger charge is 2.59. The normalized spacial score (nSPS) is 35.3. The summed E-state index contributed by atoms with van der Waals surface area (Å²) < 4.78 is 52.4. The monoisotopic (exact) mass is 600 g/mol. The first-order chi connectivity index (χ1) is 20.7. The lowest BCUT2D eigenvalue weighted by atomic mass is 9.60. The van der Waals surface area contributed by atoms with E-state index in [-0.39, 0.29) is 26.0 Å². The van der Waals surface area contributed by atoms with E-state index in [4.69, 9.17) is 42.6 Å². The van der Waals surface area contributed by atoms with Crippen molar-refractivity contribution < 1.29 is 57.6 Å². The van der Waals surface area contributed by atoms with Crippen LogP contribution in [0.25, 0.3) is 0 Å². The van der Waals surface area contributed by atoms with Gasteiger partial charge in [-0.3, -0.25) is 4.79 Å². The van der Waals surface area contributed by atoms with Crippen molar-refractivity contribution in [3.63, 3.8) is 0 Å². The summed E-state index contributed by atoms with van der Waals surface area (Å²) in [6, 6.07) is 7.44. The molecule has 0 unspecified atom stereocenters. The highest BCUT2D eigenvalue weighted by molar-refractivity contribution is 5.79. The molecular weight excluding hydrogens is 564 g/mol. The number of hydrogen-bond acceptors (Lipinski definition) is 12. The van der Waals surface area contributed by atoms with Gasteiger partial charge >= 0.3 is 5.97 Å². The molecule has 12 heteroatoms. The van der Waals surface area contributed by atoms with Crippen LogP contribution in [-0.4, -0.2) is 93.8 Å². The summed E-state index contributed by atoms with van der Waals surface area (Å²) in [5.74, 6) is -0.971. The molecule has 0 amide bonds. The van der Waals surface area contributed by atoms with E-state index < -0.39 is 60.0 Å². The first-order valence-electron chi connectivity index (χ1n) is 14.4. The topological polar surface area (TPSA) is 141 Å². The number of cyclic esters (lactones) is 1. The smallest absolute Gasteiger partial charge is 0.310 e. The van der Waals surface area contributed by atoms with Gasteiger partial charge in [0.2, 0.25) is 12.5 Å². The second-order valence-corrected chi connectivity index (χ2v) is 12.0. The van der Waals surface area contributed by atoms with Crippen LogP contribution in [0.5, 0.6) is 28.7 Å². The first kappa shape index (κ1) is 28.5. The molecule has 2 aromatic rings. The number of carbonyl (C=O) groups is 1. The van der Waals surface area contributed by atoms with E-state index in [1.54, 1.807) is 13.8 Å². The molecule has 7 rings (SSSR count). The molecule has 43 heavy (non-hydrogen) atoms. The summed E-state index contributed by atoms with van der Waals surface area (Å²) >= 11 is 0. The number of carbonyl (C=O) groups excluding carboxylic acids is 1. The molecule has 0 saturated carbocycles. The standard InChI is InChI=1S/C31H36O12/c1-31(2)41-11-21-28(43-31)25(32)26(33)29(42-21)23-15-9-18-17(39-12-40-18)8-14(15)22(24-16(23)10-38-30(24)34)13-6-19(35-3)27(37-5)20(7-13)36-4/h6-9,16,21-26,28-29,32-33H,10-12H2,1-5H3/t16-,21-,22-,23+,24+,25-,26-,28-,29+/m1/s1. The van der Waals surface area contributed by atoms with E-state index in [9.17, 15) is 15.0 Å². The minimum absolute atomic E-state index is 0.0577. The Hall–Kier alpha value is -3.29. The maximum atomic E-state index is 13.6. The number of benzene rings is 2. The summed E-state index contributed by atoms with van der Waals surface area (Å²) in [4.78, 5) is 13.6. The average molecular weight is 601 g/mol. The van der Waals surface area contributed by atoms with Crippen molar-refractivity contribution in [2.24, 2.45) is 11.8 Å². The molecule has 3 fully saturated rings. The van der Waals surface area contributed by atoms with Gasteiger partial charge in [0.05, 0.1) is 46.6 Å². The molecule has 5 aliphatic rings. The van der Waals surface area contributed by atoms with Crippen LogP contribution in [0.15, 0.2) is 24.3 Å². The van der Waals surface area contributed by atoms with Crippen molar-refractivity contribution >= 4 is 5.97 Å². The van der Waals surface area contributed by atoms with Crippen LogP contribution >= 0.6 is 0 Å². The second kappa shape index (κ2) is 10.4. The number of methoxy groups -OCH3 is 3. The number of aliphatic hydroxyl groups excluding tert-OH is 2. The van der Waals surface area contributed by atoms with Gasteiger partial charge in [0.1, 0.15) is 24.4 Å². The van der Waals surface area contributed by atoms with Gasteiger partial charge in [-0.05, 0) is 54.8 Å². The molecule has 9 atom stereocenters. The van der Waals surface area contributed by atoms with Gasteiger partial charge < -0.3 is 52.8 Å². The molecule has 2 N–H and O–H groups in total. The Labute approximate surface area is 248 Å². The van der Waals surface area contributed by atoms with Gasteiger partial charge in [-0.15, -0.1) is 0 Å². The lowest BCUT2D eigenvalue weighted by Gasteiger charge is -2.52. The van der Waals surface area contributed by atoms with Crippen molar-refractivity contribution in [1.82, 2.24) is 0 Å². The van der Waals surface area contributed by atoms with Crippen LogP contribution in [0, 0.1) is 11.8 Å². The summed E-state index contributed by atoms with van der Waals surface area (Å²) in [6.07, 6.45) is -4.86. The number of ether oxygens (including phenoxy) is 9. The summed E-state index contributed by atoms with van der Waals surface area (Å²) in [6.45, 7) is 3.85. The van der Waals surface area contributed by atoms with Gasteiger partial charge in [-0.25, -0.2) is 0 Å². The third-order valence-corrected chi connectivity index (χ3v) is 9.38. The van der Waals surface area contributed by atoms with E-state index >= 15 is 0 Å². The molecular formula is C31H36O12. The van der Waals surface area contributed by atoms with Crippen LogP contribution in [-0.2, 0) is 23.7 Å². The fourth-order valence-electron chi connectivity index (χ4n) is 7.50. The van der Waals surface area contributed by atoms with Gasteiger partial charge in [-0.1, -0.05) is 0 Å². The zero-order chi connectivity index (χ0) is 30.2. The number of rotatable bonds is 5. The Morgan fingerprint density at radius 1 is 0.814 bits per heavy atom. The maximum absolute atomic E-state index is 13.6. The van der Waals surface area contributed by atoms with Crippen molar-refractivity contribution in [3.05, 3.63) is 41.0 Å². The summed E-state index contributed by atoms with van der Waals surface area (Å²) in [7, 11) is 4.61. The van der Waals surface area contributed by atoms with Crippen LogP contribution in [0.2, 0.25) is 0 Å². The molecule has 3 saturated heterocycles. The first-order valence-corrected chi connectivity index (χ1v) is 14.4. The fraction of sp³-hybridized carbons (Fsp3) is 0.581. The number of aliphatic hydroxyl groups is 2. The van der Waals surface area contributed by atoms with Crippen molar-refractivity contribution in [3.8, 4) is 28.7 Å². The third kappa shape index (κ3) is 4.41. The van der Waals surface area contributed by atoms with Crippen molar-refractivity contribution in [1.29, 1.82) is 0 Å². The predicted molar refractivity (Wildman–Crippen MR) is 147 cm³/mol. The van der Waals surface area contributed by atoms with Crippen LogP contribution in [0.3, 0.4) is 0 Å². The SMILES string of the molecule is COc1cc([C@@H]2c3cc4c(cc3[C@H]([C@@H]3O[C@@H]5COC(C)(C)O[C@H]5[C@H](O)[C@H]3O)[C@H]3COC(=O)[C@H]23)OCO4)cc(OC)c1OC. The molecule has 0 spiro atoms. The Kier molecular flexibility index (Phi) is 6.90. The Morgan fingerprint density at radius 2 is 1.47 bits per heavy atom. The quantitative estimate of drug-likeness (QED) is 0.486. The van der Waals surface area contributed by atoms with Gasteiger partial charge in [-0.2, -0.15) is 0 Å². The molecule has 4 aliphatic heterocycles. The van der Waals surface area contributed by atoms with Crippen molar-refractivity contribution in [2.75, 3.05) is 41.3 Å². The minimum Gasteiger partial charge on any atom is -0.493 e. The lowest BCUT2D eigenvalue weighted by Crippen LogP contribution is -2.66. The number of fused-ring (bicyclic) bond motifs is 4. The van der Waals surface area contributed by atoms with Crippen molar-refractivity contribution in [2.45, 2.75) is 62.0 Å². The molecule has 0 bridgehead atoms. The van der Waals surface area contributed by atoms with E-state index in [1.165, 1.54) is 21.3 Å². The molecule has 4 heterocycles. The largest absolute Gasteiger partial charge is 0.493 e. The van der Waals surface area contributed by atoms with Crippen LogP contribution in [0.1, 0.15) is 42.4 Å². The van der Waals surface area contributed by atoms with E-state index in [1.807, 2.05) is 24.3 Å². The number of esters is 1. The molecule has 0 aromatic heterocycles. The Bertz CT molecular complexity index is 1400. The molecule has 0 radical (unpaired) electrons. The van der Waals surface area contributed by atoms with Crippen LogP contribution < -0.4 is 23.7 Å². The highest BCUT2D eigenvalue weighted by atomic mass is 16.7. The number of hydrogen-bond donors (Lipinski definition) is 2. The lowest BCUT2D eigenvalue weighted by molar-refractivity contribution is -0.360. The highest BCUT2D eigenvalue weighted by Crippen LogP contribution is 2.58. The Balaban J connectivity index is 1.38. The summed E-state index contributed by atoms with van der Waals surface area (Å²) in [5, 5.41) is 22.9. The predicted octanol–water partition coefficient (Wildman–Crippen LogP) is 2.10. The molecule has 232 valence electrons.